The molecule has 39 heavy (non-hydrogen) atoms. The minimum atomic E-state index is -4.45. The van der Waals surface area contributed by atoms with Crippen molar-refractivity contribution < 1.29 is 31.2 Å². The standard InChI is InChI=1S/C27H27F3N4O4S/c28-27(29,30)21-10-8-19(9-11-21)24(18-6-7-18)32-25(35)23-5-2-12-34(23)26(36)20-3-1-4-22(13-20)39(37,38)33-15-17(14-31)16-33/h1,3-4,8-11,13,17-18,23-24H,2,5-7,12,15-16H2,(H,32,35)/t23-,24+/m1/s1. The lowest BCUT2D eigenvalue weighted by atomic mass is 10.00. The van der Waals surface area contributed by atoms with Gasteiger partial charge in [0, 0.05) is 25.2 Å². The number of likely N-dealkylation sites (tertiary alicyclic amines) is 1. The van der Waals surface area contributed by atoms with Crippen LogP contribution < -0.4 is 5.32 Å². The summed E-state index contributed by atoms with van der Waals surface area (Å²) in [6, 6.07) is 11.2. The zero-order valence-electron chi connectivity index (χ0n) is 20.9. The SMILES string of the molecule is N#CC1CN(S(=O)(=O)c2cccc(C(=O)N3CCC[C@@H]3C(=O)N[C@H](c3ccc(C(F)(F)F)cc3)C3CC3)c2)C1. The predicted octanol–water partition coefficient (Wildman–Crippen LogP) is 3.72. The van der Waals surface area contributed by atoms with Crippen molar-refractivity contribution in [1.82, 2.24) is 14.5 Å². The van der Waals surface area contributed by atoms with Gasteiger partial charge in [-0.15, -0.1) is 0 Å². The van der Waals surface area contributed by atoms with Crippen molar-refractivity contribution in [2.75, 3.05) is 19.6 Å². The molecular weight excluding hydrogens is 533 g/mol. The van der Waals surface area contributed by atoms with E-state index in [1.165, 1.54) is 45.6 Å². The third-order valence-corrected chi connectivity index (χ3v) is 9.38. The van der Waals surface area contributed by atoms with Gasteiger partial charge in [-0.25, -0.2) is 8.42 Å². The molecule has 5 rings (SSSR count). The molecule has 2 aliphatic heterocycles. The van der Waals surface area contributed by atoms with Crippen molar-refractivity contribution >= 4 is 21.8 Å². The molecule has 2 aromatic carbocycles. The number of hydrogen-bond acceptors (Lipinski definition) is 5. The van der Waals surface area contributed by atoms with Crippen LogP contribution in [0.2, 0.25) is 0 Å². The summed E-state index contributed by atoms with van der Waals surface area (Å²) in [6.45, 7) is 0.525. The summed E-state index contributed by atoms with van der Waals surface area (Å²) in [5, 5.41) is 11.9. The van der Waals surface area contributed by atoms with Crippen LogP contribution in [0.5, 0.6) is 0 Å². The Morgan fingerprint density at radius 1 is 1.05 bits per heavy atom. The molecule has 3 fully saturated rings. The molecule has 0 radical (unpaired) electrons. The maximum absolute atomic E-state index is 13.4. The van der Waals surface area contributed by atoms with Gasteiger partial charge in [-0.1, -0.05) is 18.2 Å². The van der Waals surface area contributed by atoms with Crippen LogP contribution in [-0.2, 0) is 21.0 Å². The predicted molar refractivity (Wildman–Crippen MR) is 133 cm³/mol. The topological polar surface area (TPSA) is 111 Å². The van der Waals surface area contributed by atoms with Crippen LogP contribution >= 0.6 is 0 Å². The maximum Gasteiger partial charge on any atom is 0.416 e. The van der Waals surface area contributed by atoms with Crippen molar-refractivity contribution in [2.45, 2.75) is 48.8 Å². The summed E-state index contributed by atoms with van der Waals surface area (Å²) in [4.78, 5) is 28.1. The smallest absolute Gasteiger partial charge is 0.347 e. The number of nitriles is 1. The van der Waals surface area contributed by atoms with Crippen LogP contribution in [0, 0.1) is 23.2 Å². The van der Waals surface area contributed by atoms with Gasteiger partial charge >= 0.3 is 6.18 Å². The molecule has 3 aliphatic rings. The molecule has 1 aliphatic carbocycles. The Balaban J connectivity index is 1.30. The van der Waals surface area contributed by atoms with Crippen LogP contribution in [-0.4, -0.2) is 55.1 Å². The van der Waals surface area contributed by atoms with E-state index in [0.717, 1.165) is 25.0 Å². The lowest BCUT2D eigenvalue weighted by molar-refractivity contribution is -0.137. The van der Waals surface area contributed by atoms with E-state index in [0.29, 0.717) is 24.9 Å². The number of sulfonamides is 1. The van der Waals surface area contributed by atoms with E-state index < -0.39 is 39.8 Å². The fourth-order valence-electron chi connectivity index (χ4n) is 5.13. The monoisotopic (exact) mass is 560 g/mol. The number of halogens is 3. The molecule has 1 N–H and O–H groups in total. The highest BCUT2D eigenvalue weighted by molar-refractivity contribution is 7.89. The Kier molecular flexibility index (Phi) is 7.15. The van der Waals surface area contributed by atoms with E-state index >= 15 is 0 Å². The Morgan fingerprint density at radius 2 is 1.74 bits per heavy atom. The van der Waals surface area contributed by atoms with E-state index in [4.69, 9.17) is 5.26 Å². The van der Waals surface area contributed by atoms with E-state index in [-0.39, 0.29) is 41.3 Å². The molecule has 0 spiro atoms. The molecule has 206 valence electrons. The van der Waals surface area contributed by atoms with Crippen molar-refractivity contribution in [3.63, 3.8) is 0 Å². The number of carbonyl (C=O) groups excluding carboxylic acids is 2. The summed E-state index contributed by atoms with van der Waals surface area (Å²) in [5.74, 6) is -1.10. The van der Waals surface area contributed by atoms with Gasteiger partial charge < -0.3 is 10.2 Å². The lowest BCUT2D eigenvalue weighted by Gasteiger charge is -2.34. The Hall–Kier alpha value is -3.43. The molecule has 0 unspecified atom stereocenters. The zero-order chi connectivity index (χ0) is 27.9. The maximum atomic E-state index is 13.4. The number of hydrogen-bond donors (Lipinski definition) is 1. The molecule has 12 heteroatoms. The molecule has 2 amide bonds. The molecule has 8 nitrogen and oxygen atoms in total. The van der Waals surface area contributed by atoms with Crippen molar-refractivity contribution in [3.8, 4) is 6.07 Å². The minimum absolute atomic E-state index is 0.0546. The summed E-state index contributed by atoms with van der Waals surface area (Å²) in [5.41, 5.74) is -0.0465. The molecule has 0 aromatic heterocycles. The number of nitrogens with zero attached hydrogens (tertiary/aromatic N) is 3. The number of alkyl halides is 3. The molecule has 2 atom stereocenters. The van der Waals surface area contributed by atoms with E-state index in [2.05, 4.69) is 5.32 Å². The number of nitrogens with one attached hydrogen (secondary N) is 1. The van der Waals surface area contributed by atoms with Gasteiger partial charge in [-0.2, -0.15) is 22.7 Å². The summed E-state index contributed by atoms with van der Waals surface area (Å²) < 4.78 is 66.0. The second-order valence-corrected chi connectivity index (χ2v) is 12.2. The highest BCUT2D eigenvalue weighted by atomic mass is 32.2. The lowest BCUT2D eigenvalue weighted by Crippen LogP contribution is -2.49. The highest BCUT2D eigenvalue weighted by Crippen LogP contribution is 2.42. The number of benzene rings is 2. The van der Waals surface area contributed by atoms with Crippen molar-refractivity contribution in [3.05, 3.63) is 65.2 Å². The third kappa shape index (κ3) is 5.51. The average molecular weight is 561 g/mol. The van der Waals surface area contributed by atoms with Crippen LogP contribution in [0.25, 0.3) is 0 Å². The first-order valence-electron chi connectivity index (χ1n) is 12.8. The van der Waals surface area contributed by atoms with Gasteiger partial charge in [0.1, 0.15) is 6.04 Å². The summed E-state index contributed by atoms with van der Waals surface area (Å²) in [6.07, 6.45) is -1.77. The van der Waals surface area contributed by atoms with E-state index in [1.54, 1.807) is 0 Å². The fraction of sp³-hybridized carbons (Fsp3) is 0.444. The summed E-state index contributed by atoms with van der Waals surface area (Å²) in [7, 11) is -3.85. The van der Waals surface area contributed by atoms with Gasteiger partial charge in [-0.05, 0) is 67.5 Å². The van der Waals surface area contributed by atoms with Gasteiger partial charge in [0.05, 0.1) is 28.5 Å². The van der Waals surface area contributed by atoms with Gasteiger partial charge in [0.15, 0.2) is 0 Å². The quantitative estimate of drug-likeness (QED) is 0.555. The Labute approximate surface area is 224 Å². The van der Waals surface area contributed by atoms with E-state index in [9.17, 15) is 31.2 Å². The molecular formula is C27H27F3N4O4S. The molecule has 0 bridgehead atoms. The van der Waals surface area contributed by atoms with Gasteiger partial charge in [-0.3, -0.25) is 9.59 Å². The largest absolute Gasteiger partial charge is 0.416 e. The average Bonchev–Trinajstić information content (AvgIpc) is 3.60. The molecule has 2 aromatic rings. The van der Waals surface area contributed by atoms with Crippen LogP contribution in [0.3, 0.4) is 0 Å². The third-order valence-electron chi connectivity index (χ3n) is 7.55. The second kappa shape index (κ2) is 10.3. The number of carbonyl (C=O) groups is 2. The molecule has 2 saturated heterocycles. The van der Waals surface area contributed by atoms with Gasteiger partial charge in [0.2, 0.25) is 15.9 Å². The minimum Gasteiger partial charge on any atom is -0.347 e. The first-order chi connectivity index (χ1) is 18.5. The summed E-state index contributed by atoms with van der Waals surface area (Å²) >= 11 is 0. The van der Waals surface area contributed by atoms with Crippen molar-refractivity contribution in [2.24, 2.45) is 11.8 Å². The highest BCUT2D eigenvalue weighted by Gasteiger charge is 2.40. The van der Waals surface area contributed by atoms with Crippen LogP contribution in [0.15, 0.2) is 53.4 Å². The molecule has 2 heterocycles. The first kappa shape index (κ1) is 27.1. The van der Waals surface area contributed by atoms with Crippen molar-refractivity contribution in [1.29, 1.82) is 5.26 Å². The Bertz CT molecular complexity index is 1410. The van der Waals surface area contributed by atoms with Crippen LogP contribution in [0.1, 0.15) is 53.2 Å². The first-order valence-corrected chi connectivity index (χ1v) is 14.2. The zero-order valence-corrected chi connectivity index (χ0v) is 21.7. The Morgan fingerprint density at radius 3 is 2.36 bits per heavy atom. The molecule has 1 saturated carbocycles. The van der Waals surface area contributed by atoms with Crippen LogP contribution in [0.4, 0.5) is 13.2 Å². The van der Waals surface area contributed by atoms with E-state index in [1.807, 2.05) is 6.07 Å². The number of amides is 2. The fourth-order valence-corrected chi connectivity index (χ4v) is 6.71. The normalized spacial score (nSPS) is 21.2. The second-order valence-electron chi connectivity index (χ2n) is 10.3. The van der Waals surface area contributed by atoms with Gasteiger partial charge in [0.25, 0.3) is 5.91 Å². The number of rotatable bonds is 7.